The molecule has 2 aromatic carbocycles. The molecule has 1 aliphatic rings. The second-order valence-corrected chi connectivity index (χ2v) is 8.51. The highest BCUT2D eigenvalue weighted by Gasteiger charge is 2.20. The number of hydrogen-bond acceptors (Lipinski definition) is 4. The van der Waals surface area contributed by atoms with Crippen LogP contribution in [0.4, 0.5) is 5.69 Å². The summed E-state index contributed by atoms with van der Waals surface area (Å²) in [5, 5.41) is 14.8. The van der Waals surface area contributed by atoms with Gasteiger partial charge < -0.3 is 5.32 Å². The number of halogens is 1. The van der Waals surface area contributed by atoms with Crippen LogP contribution in [-0.4, -0.2) is 20.0 Å². The molecule has 1 heterocycles. The highest BCUT2D eigenvalue weighted by Crippen LogP contribution is 2.34. The van der Waals surface area contributed by atoms with E-state index < -0.39 is 0 Å². The van der Waals surface area contributed by atoms with E-state index in [9.17, 15) is 0 Å². The van der Waals surface area contributed by atoms with Crippen molar-refractivity contribution in [1.29, 1.82) is 0 Å². The summed E-state index contributed by atoms with van der Waals surface area (Å²) in [6.07, 6.45) is 6.54. The Kier molecular flexibility index (Phi) is 6.00. The first-order valence-corrected chi connectivity index (χ1v) is 10.7. The predicted octanol–water partition coefficient (Wildman–Crippen LogP) is 5.96. The van der Waals surface area contributed by atoms with Gasteiger partial charge in [-0.05, 0) is 49.2 Å². The maximum atomic E-state index is 5.97. The highest BCUT2D eigenvalue weighted by atomic mass is 35.5. The molecule has 0 amide bonds. The molecule has 1 saturated carbocycles. The van der Waals surface area contributed by atoms with E-state index in [2.05, 4.69) is 44.3 Å². The Bertz CT molecular complexity index is 858. The van der Waals surface area contributed by atoms with Crippen LogP contribution < -0.4 is 5.32 Å². The number of para-hydroxylation sites is 1. The van der Waals surface area contributed by atoms with Crippen LogP contribution >= 0.6 is 23.4 Å². The highest BCUT2D eigenvalue weighted by molar-refractivity contribution is 7.99. The van der Waals surface area contributed by atoms with Gasteiger partial charge in [0.2, 0.25) is 0 Å². The molecule has 0 unspecified atom stereocenters. The number of anilines is 1. The van der Waals surface area contributed by atoms with Crippen molar-refractivity contribution >= 4 is 29.1 Å². The molecule has 0 aliphatic heterocycles. The smallest absolute Gasteiger partial charge is 0.196 e. The quantitative estimate of drug-likeness (QED) is 0.556. The first-order chi connectivity index (χ1) is 13.3. The van der Waals surface area contributed by atoms with E-state index in [4.69, 9.17) is 11.6 Å². The van der Waals surface area contributed by atoms with E-state index in [1.807, 2.05) is 42.1 Å². The Morgan fingerprint density at radius 1 is 0.963 bits per heavy atom. The molecule has 1 fully saturated rings. The van der Waals surface area contributed by atoms with Crippen LogP contribution in [0.5, 0.6) is 0 Å². The Balaban J connectivity index is 1.57. The van der Waals surface area contributed by atoms with Gasteiger partial charge in [0.15, 0.2) is 11.0 Å². The zero-order chi connectivity index (χ0) is 18.5. The Morgan fingerprint density at radius 3 is 2.44 bits per heavy atom. The lowest BCUT2D eigenvalue weighted by Crippen LogP contribution is -2.11. The van der Waals surface area contributed by atoms with Crippen LogP contribution in [0.2, 0.25) is 5.02 Å². The molecule has 1 aliphatic carbocycles. The van der Waals surface area contributed by atoms with Gasteiger partial charge in [0.05, 0.1) is 6.54 Å². The molecule has 0 atom stereocenters. The first kappa shape index (κ1) is 18.4. The lowest BCUT2D eigenvalue weighted by Gasteiger charge is -2.21. The van der Waals surface area contributed by atoms with Gasteiger partial charge in [-0.3, -0.25) is 4.57 Å². The molecule has 140 valence electrons. The van der Waals surface area contributed by atoms with Crippen molar-refractivity contribution in [2.24, 2.45) is 0 Å². The maximum absolute atomic E-state index is 5.97. The lowest BCUT2D eigenvalue weighted by molar-refractivity contribution is 0.515. The summed E-state index contributed by atoms with van der Waals surface area (Å²) in [5.41, 5.74) is 2.12. The summed E-state index contributed by atoms with van der Waals surface area (Å²) < 4.78 is 2.18. The number of thioether (sulfide) groups is 1. The van der Waals surface area contributed by atoms with E-state index in [1.54, 1.807) is 0 Å². The first-order valence-electron chi connectivity index (χ1n) is 9.45. The fourth-order valence-electron chi connectivity index (χ4n) is 3.41. The molecule has 3 aromatic rings. The van der Waals surface area contributed by atoms with Crippen LogP contribution in [0.15, 0.2) is 59.8 Å². The number of aromatic nitrogens is 3. The summed E-state index contributed by atoms with van der Waals surface area (Å²) in [6.45, 7) is 0.606. The fraction of sp³-hybridized carbons (Fsp3) is 0.333. The Hall–Kier alpha value is -1.98. The molecule has 27 heavy (non-hydrogen) atoms. The molecule has 0 radical (unpaired) electrons. The average Bonchev–Trinajstić information content (AvgIpc) is 3.11. The molecule has 6 heteroatoms. The van der Waals surface area contributed by atoms with Crippen LogP contribution in [0.3, 0.4) is 0 Å². The SMILES string of the molecule is Clc1ccc(NCc2nnc(SC3CCCCC3)n2-c2ccccc2)cc1. The third kappa shape index (κ3) is 4.66. The molecule has 4 nitrogen and oxygen atoms in total. The van der Waals surface area contributed by atoms with E-state index in [-0.39, 0.29) is 0 Å². The Labute approximate surface area is 169 Å². The predicted molar refractivity (Wildman–Crippen MR) is 113 cm³/mol. The van der Waals surface area contributed by atoms with Gasteiger partial charge in [0.1, 0.15) is 0 Å². The van der Waals surface area contributed by atoms with Crippen molar-refractivity contribution < 1.29 is 0 Å². The normalized spacial score (nSPS) is 15.0. The molecule has 1 aromatic heterocycles. The molecular formula is C21H23ClN4S. The van der Waals surface area contributed by atoms with E-state index in [1.165, 1.54) is 32.1 Å². The van der Waals surface area contributed by atoms with Crippen LogP contribution in [0.25, 0.3) is 5.69 Å². The number of rotatable bonds is 6. The fourth-order valence-corrected chi connectivity index (χ4v) is 4.81. The van der Waals surface area contributed by atoms with E-state index >= 15 is 0 Å². The van der Waals surface area contributed by atoms with Crippen molar-refractivity contribution in [3.63, 3.8) is 0 Å². The molecule has 0 spiro atoms. The van der Waals surface area contributed by atoms with Crippen molar-refractivity contribution in [2.45, 2.75) is 49.1 Å². The number of benzene rings is 2. The number of nitrogens with zero attached hydrogens (tertiary/aromatic N) is 3. The minimum Gasteiger partial charge on any atom is -0.378 e. The second kappa shape index (κ2) is 8.81. The minimum atomic E-state index is 0.606. The van der Waals surface area contributed by atoms with Crippen LogP contribution in [0, 0.1) is 0 Å². The summed E-state index contributed by atoms with van der Waals surface area (Å²) >= 11 is 7.85. The van der Waals surface area contributed by atoms with Crippen LogP contribution in [0.1, 0.15) is 37.9 Å². The van der Waals surface area contributed by atoms with Gasteiger partial charge in [0, 0.05) is 21.6 Å². The maximum Gasteiger partial charge on any atom is 0.196 e. The Morgan fingerprint density at radius 2 is 1.70 bits per heavy atom. The topological polar surface area (TPSA) is 42.7 Å². The zero-order valence-electron chi connectivity index (χ0n) is 15.1. The summed E-state index contributed by atoms with van der Waals surface area (Å²) in [4.78, 5) is 0. The molecule has 1 N–H and O–H groups in total. The van der Waals surface area contributed by atoms with E-state index in [0.29, 0.717) is 11.8 Å². The van der Waals surface area contributed by atoms with Gasteiger partial charge in [-0.25, -0.2) is 0 Å². The molecule has 0 saturated heterocycles. The summed E-state index contributed by atoms with van der Waals surface area (Å²) in [5.74, 6) is 0.912. The lowest BCUT2D eigenvalue weighted by atomic mass is 10.0. The average molecular weight is 399 g/mol. The zero-order valence-corrected chi connectivity index (χ0v) is 16.7. The summed E-state index contributed by atoms with van der Waals surface area (Å²) in [7, 11) is 0. The van der Waals surface area contributed by atoms with Gasteiger partial charge in [-0.1, -0.05) is 60.8 Å². The monoisotopic (exact) mass is 398 g/mol. The largest absolute Gasteiger partial charge is 0.378 e. The third-order valence-corrected chi connectivity index (χ3v) is 6.37. The van der Waals surface area contributed by atoms with Crippen molar-refractivity contribution in [1.82, 2.24) is 14.8 Å². The van der Waals surface area contributed by atoms with Gasteiger partial charge in [0.25, 0.3) is 0 Å². The van der Waals surface area contributed by atoms with Gasteiger partial charge in [-0.2, -0.15) is 0 Å². The van der Waals surface area contributed by atoms with Gasteiger partial charge >= 0.3 is 0 Å². The third-order valence-electron chi connectivity index (χ3n) is 4.83. The van der Waals surface area contributed by atoms with Crippen molar-refractivity contribution in [3.8, 4) is 5.69 Å². The minimum absolute atomic E-state index is 0.606. The second-order valence-electron chi connectivity index (χ2n) is 6.81. The molecule has 0 bridgehead atoms. The standard InChI is InChI=1S/C21H23ClN4S/c22-16-11-13-17(14-12-16)23-15-20-24-25-21(27-19-9-5-2-6-10-19)26(20)18-7-3-1-4-8-18/h1,3-4,7-8,11-14,19,23H,2,5-6,9-10,15H2. The molecule has 4 rings (SSSR count). The van der Waals surface area contributed by atoms with E-state index in [0.717, 1.165) is 27.4 Å². The van der Waals surface area contributed by atoms with Gasteiger partial charge in [-0.15, -0.1) is 10.2 Å². The van der Waals surface area contributed by atoms with Crippen molar-refractivity contribution in [2.75, 3.05) is 5.32 Å². The number of hydrogen-bond donors (Lipinski definition) is 1. The molecular weight excluding hydrogens is 376 g/mol. The van der Waals surface area contributed by atoms with Crippen molar-refractivity contribution in [3.05, 3.63) is 65.4 Å². The van der Waals surface area contributed by atoms with Crippen LogP contribution in [-0.2, 0) is 6.54 Å². The number of nitrogens with one attached hydrogen (secondary N) is 1. The summed E-state index contributed by atoms with van der Waals surface area (Å²) in [6, 6.07) is 18.1.